The van der Waals surface area contributed by atoms with Crippen molar-refractivity contribution in [1.29, 1.82) is 0 Å². The van der Waals surface area contributed by atoms with Crippen LogP contribution in [0.4, 0.5) is 11.4 Å². The fraction of sp³-hybridized carbons (Fsp3) is 0.273. The van der Waals surface area contributed by atoms with Crippen LogP contribution in [0.1, 0.15) is 16.8 Å². The molecule has 1 aliphatic heterocycles. The van der Waals surface area contributed by atoms with E-state index in [0.717, 1.165) is 12.1 Å². The molecule has 1 aromatic carbocycles. The van der Waals surface area contributed by atoms with E-state index in [1.807, 2.05) is 0 Å². The number of carbonyl (C=O) groups is 2. The number of carboxylic acids is 1. The number of non-ortho nitro benzene ring substituents is 1. The molecule has 1 heterocycles. The molecule has 1 atom stereocenters. The van der Waals surface area contributed by atoms with Gasteiger partial charge in [-0.05, 0) is 0 Å². The van der Waals surface area contributed by atoms with E-state index in [0.29, 0.717) is 6.54 Å². The summed E-state index contributed by atoms with van der Waals surface area (Å²) in [5.74, 6) is -1.49. The smallest absolute Gasteiger partial charge is 0.338 e. The summed E-state index contributed by atoms with van der Waals surface area (Å²) in [6.07, 6.45) is 0.187. The summed E-state index contributed by atoms with van der Waals surface area (Å²) in [6, 6.07) is 1.70. The highest BCUT2D eigenvalue weighted by atomic mass is 35.5. The number of anilines is 1. The Morgan fingerprint density at radius 1 is 1.55 bits per heavy atom. The van der Waals surface area contributed by atoms with Gasteiger partial charge in [0.2, 0.25) is 5.91 Å². The molecule has 3 N–H and O–H groups in total. The van der Waals surface area contributed by atoms with Gasteiger partial charge in [-0.25, -0.2) is 4.79 Å². The highest BCUT2D eigenvalue weighted by molar-refractivity contribution is 6.34. The van der Waals surface area contributed by atoms with Crippen LogP contribution in [0, 0.1) is 10.1 Å². The molecule has 8 nitrogen and oxygen atoms in total. The van der Waals surface area contributed by atoms with E-state index >= 15 is 0 Å². The Labute approximate surface area is 117 Å². The minimum atomic E-state index is -1.34. The maximum atomic E-state index is 11.2. The first-order valence-electron chi connectivity index (χ1n) is 5.63. The van der Waals surface area contributed by atoms with Gasteiger partial charge in [0.15, 0.2) is 0 Å². The van der Waals surface area contributed by atoms with E-state index < -0.39 is 16.6 Å². The van der Waals surface area contributed by atoms with E-state index in [1.165, 1.54) is 0 Å². The lowest BCUT2D eigenvalue weighted by Gasteiger charge is -2.15. The molecule has 0 spiro atoms. The lowest BCUT2D eigenvalue weighted by Crippen LogP contribution is -2.23. The zero-order valence-electron chi connectivity index (χ0n) is 10.1. The molecular weight excluding hydrogens is 290 g/mol. The minimum absolute atomic E-state index is 0.0732. The van der Waals surface area contributed by atoms with Gasteiger partial charge in [-0.15, -0.1) is 0 Å². The third-order valence-corrected chi connectivity index (χ3v) is 3.14. The number of hydrogen-bond donors (Lipinski definition) is 3. The number of carbonyl (C=O) groups excluding carboxylic acids is 1. The number of nitro groups is 1. The molecule has 1 fully saturated rings. The zero-order chi connectivity index (χ0) is 14.9. The standard InChI is InChI=1S/C11H10ClN3O5/c12-8-3-6(15(19)20)2-7(11(17)18)10(8)14-5-1-9(16)13-4-5/h2-3,5,14H,1,4H2,(H,13,16)(H,17,18). The molecular formula is C11H10ClN3O5. The van der Waals surface area contributed by atoms with Crippen LogP contribution in [0.25, 0.3) is 0 Å². The number of hydrogen-bond acceptors (Lipinski definition) is 5. The summed E-state index contributed by atoms with van der Waals surface area (Å²) in [5, 5.41) is 25.2. The van der Waals surface area contributed by atoms with Crippen LogP contribution in [0.15, 0.2) is 12.1 Å². The van der Waals surface area contributed by atoms with Gasteiger partial charge in [-0.1, -0.05) is 11.6 Å². The van der Waals surface area contributed by atoms with Crippen molar-refractivity contribution in [3.63, 3.8) is 0 Å². The van der Waals surface area contributed by atoms with Gasteiger partial charge in [-0.3, -0.25) is 14.9 Å². The second-order valence-electron chi connectivity index (χ2n) is 4.26. The first kappa shape index (κ1) is 14.1. The van der Waals surface area contributed by atoms with Gasteiger partial charge in [-0.2, -0.15) is 0 Å². The van der Waals surface area contributed by atoms with Crippen molar-refractivity contribution in [1.82, 2.24) is 5.32 Å². The van der Waals surface area contributed by atoms with Crippen LogP contribution in [0.3, 0.4) is 0 Å². The highest BCUT2D eigenvalue weighted by Crippen LogP contribution is 2.32. The van der Waals surface area contributed by atoms with Gasteiger partial charge in [0.1, 0.15) is 0 Å². The van der Waals surface area contributed by atoms with E-state index in [-0.39, 0.29) is 34.6 Å². The fourth-order valence-corrected chi connectivity index (χ4v) is 2.19. The Hall–Kier alpha value is -2.35. The van der Waals surface area contributed by atoms with Gasteiger partial charge in [0, 0.05) is 25.1 Å². The third-order valence-electron chi connectivity index (χ3n) is 2.84. The number of halogens is 1. The molecule has 1 saturated heterocycles. The number of nitro benzene ring substituents is 1. The SMILES string of the molecule is O=C1CC(Nc2c(Cl)cc([N+](=O)[O-])cc2C(=O)O)CN1. The molecule has 1 aliphatic rings. The van der Waals surface area contributed by atoms with Gasteiger partial charge in [0.05, 0.1) is 27.2 Å². The summed E-state index contributed by atoms with van der Waals surface area (Å²) in [6.45, 7) is 0.339. The molecule has 1 aromatic rings. The average Bonchev–Trinajstić information content (AvgIpc) is 2.76. The molecule has 20 heavy (non-hydrogen) atoms. The molecule has 2 rings (SSSR count). The maximum absolute atomic E-state index is 11.2. The average molecular weight is 300 g/mol. The Morgan fingerprint density at radius 3 is 2.75 bits per heavy atom. The minimum Gasteiger partial charge on any atom is -0.478 e. The summed E-state index contributed by atoms with van der Waals surface area (Å²) < 4.78 is 0. The van der Waals surface area contributed by atoms with Crippen LogP contribution in [-0.2, 0) is 4.79 Å². The molecule has 0 saturated carbocycles. The van der Waals surface area contributed by atoms with E-state index in [1.54, 1.807) is 0 Å². The van der Waals surface area contributed by atoms with Crippen LogP contribution in [0.5, 0.6) is 0 Å². The Kier molecular flexibility index (Phi) is 3.75. The van der Waals surface area contributed by atoms with Gasteiger partial charge in [0.25, 0.3) is 5.69 Å². The summed E-state index contributed by atoms with van der Waals surface area (Å²) in [7, 11) is 0. The Balaban J connectivity index is 2.38. The highest BCUT2D eigenvalue weighted by Gasteiger charge is 2.26. The molecule has 0 aliphatic carbocycles. The molecule has 0 aromatic heterocycles. The van der Waals surface area contributed by atoms with Crippen molar-refractivity contribution >= 4 is 34.9 Å². The van der Waals surface area contributed by atoms with Crippen molar-refractivity contribution in [3.8, 4) is 0 Å². The van der Waals surface area contributed by atoms with Crippen LogP contribution in [0.2, 0.25) is 5.02 Å². The maximum Gasteiger partial charge on any atom is 0.338 e. The molecule has 0 radical (unpaired) electrons. The van der Waals surface area contributed by atoms with Crippen LogP contribution in [-0.4, -0.2) is 34.5 Å². The molecule has 1 amide bonds. The number of nitrogens with zero attached hydrogens (tertiary/aromatic N) is 1. The molecule has 106 valence electrons. The quantitative estimate of drug-likeness (QED) is 0.568. The van der Waals surface area contributed by atoms with Crippen molar-refractivity contribution in [3.05, 3.63) is 32.8 Å². The number of amides is 1. The number of rotatable bonds is 4. The zero-order valence-corrected chi connectivity index (χ0v) is 10.8. The topological polar surface area (TPSA) is 122 Å². The number of carboxylic acid groups (broad SMARTS) is 1. The Bertz CT molecular complexity index is 604. The van der Waals surface area contributed by atoms with Crippen molar-refractivity contribution < 1.29 is 19.6 Å². The monoisotopic (exact) mass is 299 g/mol. The molecule has 1 unspecified atom stereocenters. The van der Waals surface area contributed by atoms with E-state index in [4.69, 9.17) is 16.7 Å². The van der Waals surface area contributed by atoms with Crippen LogP contribution >= 0.6 is 11.6 Å². The van der Waals surface area contributed by atoms with Gasteiger partial charge < -0.3 is 15.7 Å². The lowest BCUT2D eigenvalue weighted by atomic mass is 10.1. The van der Waals surface area contributed by atoms with Crippen LogP contribution < -0.4 is 10.6 Å². The number of benzene rings is 1. The second-order valence-corrected chi connectivity index (χ2v) is 4.67. The fourth-order valence-electron chi connectivity index (χ4n) is 1.92. The first-order valence-corrected chi connectivity index (χ1v) is 6.00. The summed E-state index contributed by atoms with van der Waals surface area (Å²) in [4.78, 5) is 32.3. The Morgan fingerprint density at radius 2 is 2.25 bits per heavy atom. The summed E-state index contributed by atoms with van der Waals surface area (Å²) >= 11 is 5.90. The molecule has 9 heteroatoms. The summed E-state index contributed by atoms with van der Waals surface area (Å²) in [5.41, 5.74) is -0.631. The predicted molar refractivity (Wildman–Crippen MR) is 70.1 cm³/mol. The third kappa shape index (κ3) is 2.80. The van der Waals surface area contributed by atoms with E-state index in [9.17, 15) is 19.7 Å². The van der Waals surface area contributed by atoms with Crippen molar-refractivity contribution in [2.24, 2.45) is 0 Å². The normalized spacial score (nSPS) is 17.6. The largest absolute Gasteiger partial charge is 0.478 e. The first-order chi connectivity index (χ1) is 9.38. The molecule has 0 bridgehead atoms. The van der Waals surface area contributed by atoms with Crippen molar-refractivity contribution in [2.45, 2.75) is 12.5 Å². The van der Waals surface area contributed by atoms with E-state index in [2.05, 4.69) is 10.6 Å². The second kappa shape index (κ2) is 5.33. The van der Waals surface area contributed by atoms with Crippen molar-refractivity contribution in [2.75, 3.05) is 11.9 Å². The predicted octanol–water partition coefficient (Wildman–Crippen LogP) is 1.25. The van der Waals surface area contributed by atoms with Gasteiger partial charge >= 0.3 is 5.97 Å². The number of aromatic carboxylic acids is 1. The lowest BCUT2D eigenvalue weighted by molar-refractivity contribution is -0.384. The number of nitrogens with one attached hydrogen (secondary N) is 2.